The maximum absolute atomic E-state index is 13.5. The van der Waals surface area contributed by atoms with Crippen LogP contribution in [0.4, 0.5) is 4.39 Å². The Morgan fingerprint density at radius 2 is 2.12 bits per heavy atom. The number of carboxylic acids is 1. The summed E-state index contributed by atoms with van der Waals surface area (Å²) in [4.78, 5) is 24.0. The average molecular weight is 374 g/mol. The summed E-state index contributed by atoms with van der Waals surface area (Å²) in [6.07, 6.45) is 0.990. The Kier molecular flexibility index (Phi) is 6.21. The molecule has 1 heterocycles. The maximum Gasteiger partial charge on any atom is 0.320 e. The SMILES string of the molecule is NCCCCC1(C(=O)O)CN(Cc2ccc(O)c(F)c2)CCP1(=O)O. The summed E-state index contributed by atoms with van der Waals surface area (Å²) >= 11 is 0. The van der Waals surface area contributed by atoms with E-state index in [2.05, 4.69) is 0 Å². The summed E-state index contributed by atoms with van der Waals surface area (Å²) < 4.78 is 26.1. The van der Waals surface area contributed by atoms with Gasteiger partial charge in [-0.05, 0) is 37.1 Å². The molecule has 0 amide bonds. The van der Waals surface area contributed by atoms with Crippen molar-refractivity contribution in [3.05, 3.63) is 29.6 Å². The summed E-state index contributed by atoms with van der Waals surface area (Å²) in [5.74, 6) is -2.49. The first-order valence-electron chi connectivity index (χ1n) is 8.17. The minimum Gasteiger partial charge on any atom is -0.505 e. The van der Waals surface area contributed by atoms with Crippen LogP contribution in [0.1, 0.15) is 24.8 Å². The maximum atomic E-state index is 13.5. The van der Waals surface area contributed by atoms with Crippen LogP contribution in [0.2, 0.25) is 0 Å². The van der Waals surface area contributed by atoms with Crippen LogP contribution in [-0.2, 0) is 15.9 Å². The fourth-order valence-corrected chi connectivity index (χ4v) is 5.44. The number of phenols is 1. The zero-order valence-electron chi connectivity index (χ0n) is 13.9. The first-order chi connectivity index (χ1) is 11.7. The molecule has 7 nitrogen and oxygen atoms in total. The minimum atomic E-state index is -3.88. The average Bonchev–Trinajstić information content (AvgIpc) is 2.54. The van der Waals surface area contributed by atoms with Crippen molar-refractivity contribution in [3.63, 3.8) is 0 Å². The van der Waals surface area contributed by atoms with E-state index < -0.39 is 30.1 Å². The molecule has 0 bridgehead atoms. The molecule has 1 aliphatic heterocycles. The third-order valence-electron chi connectivity index (χ3n) is 4.73. The smallest absolute Gasteiger partial charge is 0.320 e. The highest BCUT2D eigenvalue weighted by atomic mass is 31.2. The van der Waals surface area contributed by atoms with Gasteiger partial charge in [0.05, 0.1) is 0 Å². The lowest BCUT2D eigenvalue weighted by molar-refractivity contribution is -0.141. The van der Waals surface area contributed by atoms with Crippen molar-refractivity contribution in [1.82, 2.24) is 4.90 Å². The number of nitrogens with two attached hydrogens (primary N) is 1. The summed E-state index contributed by atoms with van der Waals surface area (Å²) in [6.45, 7) is 0.802. The normalized spacial score (nSPS) is 27.3. The molecule has 0 spiro atoms. The highest BCUT2D eigenvalue weighted by Gasteiger charge is 2.56. The summed E-state index contributed by atoms with van der Waals surface area (Å²) in [6, 6.07) is 3.96. The lowest BCUT2D eigenvalue weighted by Gasteiger charge is -2.43. The zero-order chi connectivity index (χ0) is 18.7. The Hall–Kier alpha value is -1.47. The number of hydrogen-bond acceptors (Lipinski definition) is 5. The van der Waals surface area contributed by atoms with E-state index in [0.717, 1.165) is 0 Å². The molecule has 9 heteroatoms. The third kappa shape index (κ3) is 4.20. The second-order valence-electron chi connectivity index (χ2n) is 6.50. The molecule has 25 heavy (non-hydrogen) atoms. The second-order valence-corrected chi connectivity index (χ2v) is 9.21. The molecule has 1 aromatic rings. The van der Waals surface area contributed by atoms with Crippen molar-refractivity contribution in [2.24, 2.45) is 5.73 Å². The van der Waals surface area contributed by atoms with E-state index in [1.165, 1.54) is 12.1 Å². The lowest BCUT2D eigenvalue weighted by Crippen LogP contribution is -2.53. The Balaban J connectivity index is 2.21. The number of carboxylic acid groups (broad SMARTS) is 1. The van der Waals surface area contributed by atoms with Crippen LogP contribution in [0.3, 0.4) is 0 Å². The molecule has 1 saturated heterocycles. The quantitative estimate of drug-likeness (QED) is 0.422. The van der Waals surface area contributed by atoms with E-state index in [1.807, 2.05) is 0 Å². The van der Waals surface area contributed by atoms with Gasteiger partial charge in [-0.1, -0.05) is 12.5 Å². The lowest BCUT2D eigenvalue weighted by atomic mass is 9.99. The Morgan fingerprint density at radius 1 is 1.40 bits per heavy atom. The molecule has 0 aliphatic carbocycles. The number of rotatable bonds is 7. The van der Waals surface area contributed by atoms with Crippen molar-refractivity contribution < 1.29 is 28.9 Å². The molecule has 0 aromatic heterocycles. The minimum absolute atomic E-state index is 0.0771. The molecular weight excluding hydrogens is 350 g/mol. The van der Waals surface area contributed by atoms with Gasteiger partial charge in [0.15, 0.2) is 16.7 Å². The fourth-order valence-electron chi connectivity index (χ4n) is 3.23. The molecule has 2 rings (SSSR count). The fraction of sp³-hybridized carbons (Fsp3) is 0.562. The number of halogens is 1. The van der Waals surface area contributed by atoms with E-state index >= 15 is 0 Å². The molecule has 140 valence electrons. The first kappa shape index (κ1) is 19.8. The number of nitrogens with zero attached hydrogens (tertiary/aromatic N) is 1. The van der Waals surface area contributed by atoms with Crippen LogP contribution in [0, 0.1) is 5.82 Å². The van der Waals surface area contributed by atoms with Crippen molar-refractivity contribution in [1.29, 1.82) is 0 Å². The molecule has 1 aliphatic rings. The van der Waals surface area contributed by atoms with Crippen molar-refractivity contribution in [2.75, 3.05) is 25.8 Å². The second kappa shape index (κ2) is 7.83. The number of aromatic hydroxyl groups is 1. The number of unbranched alkanes of at least 4 members (excludes halogenated alkanes) is 1. The molecule has 5 N–H and O–H groups in total. The van der Waals surface area contributed by atoms with Crippen LogP contribution in [0.25, 0.3) is 0 Å². The standard InChI is InChI=1S/C16H24FN2O5P/c17-13-9-12(3-4-14(13)20)10-19-7-8-25(23,24)16(11-19,15(21)22)5-1-2-6-18/h3-4,9,20H,1-2,5-8,10-11,18H2,(H,21,22)(H,23,24). The largest absolute Gasteiger partial charge is 0.505 e. The van der Waals surface area contributed by atoms with E-state index in [0.29, 0.717) is 24.9 Å². The van der Waals surface area contributed by atoms with Gasteiger partial charge in [-0.15, -0.1) is 0 Å². The zero-order valence-corrected chi connectivity index (χ0v) is 14.8. The van der Waals surface area contributed by atoms with Gasteiger partial charge in [-0.3, -0.25) is 14.3 Å². The highest BCUT2D eigenvalue weighted by molar-refractivity contribution is 7.61. The number of carbonyl (C=O) groups is 1. The van der Waals surface area contributed by atoms with Gasteiger partial charge in [0.2, 0.25) is 7.37 Å². The van der Waals surface area contributed by atoms with Gasteiger partial charge in [-0.2, -0.15) is 0 Å². The summed E-state index contributed by atoms with van der Waals surface area (Å²) in [5.41, 5.74) is 6.00. The van der Waals surface area contributed by atoms with Crippen LogP contribution in [0.5, 0.6) is 5.75 Å². The molecule has 1 fully saturated rings. The van der Waals surface area contributed by atoms with Crippen LogP contribution in [0.15, 0.2) is 18.2 Å². The van der Waals surface area contributed by atoms with Gasteiger partial charge in [0.1, 0.15) is 0 Å². The molecule has 2 atom stereocenters. The van der Waals surface area contributed by atoms with Crippen LogP contribution in [-0.4, -0.2) is 56.9 Å². The Bertz CT molecular complexity index is 686. The predicted octanol–water partition coefficient (Wildman–Crippen LogP) is 1.57. The molecular formula is C16H24FN2O5P. The number of phenolic OH excluding ortho intramolecular Hbond substituents is 1. The van der Waals surface area contributed by atoms with Gasteiger partial charge in [0.25, 0.3) is 0 Å². The van der Waals surface area contributed by atoms with E-state index in [-0.39, 0.29) is 32.2 Å². The van der Waals surface area contributed by atoms with Crippen molar-refractivity contribution >= 4 is 13.3 Å². The third-order valence-corrected chi connectivity index (χ3v) is 7.43. The summed E-state index contributed by atoms with van der Waals surface area (Å²) in [5, 5.41) is 17.2. The van der Waals surface area contributed by atoms with Gasteiger partial charge < -0.3 is 20.8 Å². The monoisotopic (exact) mass is 374 g/mol. The Labute approximate surface area is 145 Å². The van der Waals surface area contributed by atoms with Gasteiger partial charge >= 0.3 is 5.97 Å². The Morgan fingerprint density at radius 3 is 2.72 bits per heavy atom. The molecule has 0 saturated carbocycles. The molecule has 1 aromatic carbocycles. The first-order valence-corrected chi connectivity index (χ1v) is 10.0. The number of aliphatic carboxylic acids is 1. The highest BCUT2D eigenvalue weighted by Crippen LogP contribution is 2.59. The molecule has 2 unspecified atom stereocenters. The van der Waals surface area contributed by atoms with E-state index in [9.17, 15) is 28.9 Å². The number of hydrogen-bond donors (Lipinski definition) is 4. The molecule has 0 radical (unpaired) electrons. The van der Waals surface area contributed by atoms with E-state index in [1.54, 1.807) is 11.0 Å². The van der Waals surface area contributed by atoms with E-state index in [4.69, 9.17) is 5.73 Å². The van der Waals surface area contributed by atoms with Crippen LogP contribution < -0.4 is 5.73 Å². The number of benzene rings is 1. The van der Waals surface area contributed by atoms with Gasteiger partial charge in [-0.25, -0.2) is 4.39 Å². The summed E-state index contributed by atoms with van der Waals surface area (Å²) in [7, 11) is -3.88. The van der Waals surface area contributed by atoms with Crippen molar-refractivity contribution in [3.8, 4) is 5.75 Å². The van der Waals surface area contributed by atoms with Crippen molar-refractivity contribution in [2.45, 2.75) is 31.0 Å². The predicted molar refractivity (Wildman–Crippen MR) is 91.3 cm³/mol. The topological polar surface area (TPSA) is 124 Å². The van der Waals surface area contributed by atoms with Crippen LogP contribution >= 0.6 is 7.37 Å². The van der Waals surface area contributed by atoms with Gasteiger partial charge in [0, 0.05) is 25.8 Å².